The van der Waals surface area contributed by atoms with Crippen LogP contribution in [0.2, 0.25) is 0 Å². The smallest absolute Gasteiger partial charge is 0.322 e. The molecule has 4 heteroatoms. The first-order valence-electron chi connectivity index (χ1n) is 5.04. The molecule has 1 N–H and O–H groups in total. The molecule has 1 unspecified atom stereocenters. The predicted molar refractivity (Wildman–Crippen MR) is 55.2 cm³/mol. The van der Waals surface area contributed by atoms with Gasteiger partial charge in [0.05, 0.1) is 19.8 Å². The lowest BCUT2D eigenvalue weighted by atomic mass is 10.2. The van der Waals surface area contributed by atoms with E-state index in [1.165, 1.54) is 7.11 Å². The molecule has 0 aromatic heterocycles. The van der Waals surface area contributed by atoms with Crippen molar-refractivity contribution in [1.29, 1.82) is 0 Å². The number of hydrogen-bond donors (Lipinski definition) is 1. The highest BCUT2D eigenvalue weighted by atomic mass is 16.5. The van der Waals surface area contributed by atoms with Crippen LogP contribution < -0.4 is 5.32 Å². The maximum Gasteiger partial charge on any atom is 0.322 e. The lowest BCUT2D eigenvalue weighted by molar-refractivity contribution is -0.143. The zero-order valence-electron chi connectivity index (χ0n) is 9.50. The Bertz CT molecular complexity index is 159. The third kappa shape index (κ3) is 5.94. The summed E-state index contributed by atoms with van der Waals surface area (Å²) in [5.74, 6) is -0.211. The van der Waals surface area contributed by atoms with Gasteiger partial charge in [-0.25, -0.2) is 0 Å². The standard InChI is InChI=1S/C10H21NO3/c1-5-9(10(12)13-4)11-6-7-14-8(2)3/h8-9,11H,5-7H2,1-4H3. The Morgan fingerprint density at radius 3 is 2.50 bits per heavy atom. The number of esters is 1. The van der Waals surface area contributed by atoms with Gasteiger partial charge in [-0.15, -0.1) is 0 Å². The van der Waals surface area contributed by atoms with Crippen molar-refractivity contribution < 1.29 is 14.3 Å². The summed E-state index contributed by atoms with van der Waals surface area (Å²) in [5, 5.41) is 3.08. The van der Waals surface area contributed by atoms with Gasteiger partial charge in [0.1, 0.15) is 6.04 Å². The van der Waals surface area contributed by atoms with Crippen LogP contribution in [-0.2, 0) is 14.3 Å². The molecule has 0 radical (unpaired) electrons. The lowest BCUT2D eigenvalue weighted by Crippen LogP contribution is -2.39. The lowest BCUT2D eigenvalue weighted by Gasteiger charge is -2.15. The first kappa shape index (κ1) is 13.4. The van der Waals surface area contributed by atoms with Gasteiger partial charge in [-0.2, -0.15) is 0 Å². The third-order valence-electron chi connectivity index (χ3n) is 1.84. The summed E-state index contributed by atoms with van der Waals surface area (Å²) in [4.78, 5) is 11.1. The van der Waals surface area contributed by atoms with E-state index in [0.29, 0.717) is 13.2 Å². The van der Waals surface area contributed by atoms with Crippen molar-refractivity contribution in [2.24, 2.45) is 0 Å². The predicted octanol–water partition coefficient (Wildman–Crippen LogP) is 0.953. The molecule has 0 aromatic carbocycles. The van der Waals surface area contributed by atoms with Crippen molar-refractivity contribution in [2.45, 2.75) is 39.3 Å². The van der Waals surface area contributed by atoms with Crippen LogP contribution in [0.3, 0.4) is 0 Å². The zero-order valence-corrected chi connectivity index (χ0v) is 9.50. The van der Waals surface area contributed by atoms with Crippen LogP contribution in [0.1, 0.15) is 27.2 Å². The average molecular weight is 203 g/mol. The summed E-state index contributed by atoms with van der Waals surface area (Å²) in [6, 6.07) is -0.212. The highest BCUT2D eigenvalue weighted by Crippen LogP contribution is 1.93. The molecule has 1 atom stereocenters. The Labute approximate surface area is 86.0 Å². The molecule has 0 bridgehead atoms. The van der Waals surface area contributed by atoms with Gasteiger partial charge in [0.2, 0.25) is 0 Å². The zero-order chi connectivity index (χ0) is 11.0. The quantitative estimate of drug-likeness (QED) is 0.494. The fourth-order valence-electron chi connectivity index (χ4n) is 1.06. The van der Waals surface area contributed by atoms with E-state index in [1.54, 1.807) is 0 Å². The molecule has 14 heavy (non-hydrogen) atoms. The third-order valence-corrected chi connectivity index (χ3v) is 1.84. The molecule has 0 aliphatic carbocycles. The van der Waals surface area contributed by atoms with Gasteiger partial charge in [-0.05, 0) is 20.3 Å². The van der Waals surface area contributed by atoms with Crippen LogP contribution in [0.5, 0.6) is 0 Å². The van der Waals surface area contributed by atoms with E-state index in [4.69, 9.17) is 4.74 Å². The van der Waals surface area contributed by atoms with Crippen LogP contribution in [-0.4, -0.2) is 38.4 Å². The van der Waals surface area contributed by atoms with Crippen molar-refractivity contribution in [3.8, 4) is 0 Å². The highest BCUT2D eigenvalue weighted by molar-refractivity contribution is 5.75. The van der Waals surface area contributed by atoms with Crippen molar-refractivity contribution in [2.75, 3.05) is 20.3 Å². The van der Waals surface area contributed by atoms with Crippen LogP contribution in [0.4, 0.5) is 0 Å². The molecule has 0 aliphatic rings. The van der Waals surface area contributed by atoms with Crippen LogP contribution in [0, 0.1) is 0 Å². The van der Waals surface area contributed by atoms with Gasteiger partial charge < -0.3 is 14.8 Å². The molecule has 0 heterocycles. The molecule has 0 amide bonds. The van der Waals surface area contributed by atoms with E-state index in [9.17, 15) is 4.79 Å². The summed E-state index contributed by atoms with van der Waals surface area (Å²) in [7, 11) is 1.40. The summed E-state index contributed by atoms with van der Waals surface area (Å²) in [5.41, 5.74) is 0. The number of ether oxygens (including phenoxy) is 2. The summed E-state index contributed by atoms with van der Waals surface area (Å²) < 4.78 is 9.97. The molecule has 0 aromatic rings. The summed E-state index contributed by atoms with van der Waals surface area (Å²) in [6.45, 7) is 7.20. The van der Waals surface area contributed by atoms with E-state index in [1.807, 2.05) is 20.8 Å². The second-order valence-corrected chi connectivity index (χ2v) is 3.36. The topological polar surface area (TPSA) is 47.6 Å². The molecule has 0 saturated heterocycles. The van der Waals surface area contributed by atoms with Gasteiger partial charge in [0.25, 0.3) is 0 Å². The first-order chi connectivity index (χ1) is 6.61. The Kier molecular flexibility index (Phi) is 7.42. The van der Waals surface area contributed by atoms with Gasteiger partial charge >= 0.3 is 5.97 Å². The molecule has 0 spiro atoms. The summed E-state index contributed by atoms with van der Waals surface area (Å²) >= 11 is 0. The normalized spacial score (nSPS) is 12.9. The minimum absolute atomic E-state index is 0.211. The van der Waals surface area contributed by atoms with Crippen molar-refractivity contribution in [3.05, 3.63) is 0 Å². The molecule has 0 aliphatic heterocycles. The average Bonchev–Trinajstić information content (AvgIpc) is 2.16. The Morgan fingerprint density at radius 1 is 1.43 bits per heavy atom. The fourth-order valence-corrected chi connectivity index (χ4v) is 1.06. The number of nitrogens with one attached hydrogen (secondary N) is 1. The number of hydrogen-bond acceptors (Lipinski definition) is 4. The van der Waals surface area contributed by atoms with Crippen molar-refractivity contribution in [3.63, 3.8) is 0 Å². The van der Waals surface area contributed by atoms with Gasteiger partial charge in [-0.1, -0.05) is 6.92 Å². The van der Waals surface area contributed by atoms with E-state index >= 15 is 0 Å². The molecular weight excluding hydrogens is 182 g/mol. The fraction of sp³-hybridized carbons (Fsp3) is 0.900. The number of carbonyl (C=O) groups excluding carboxylic acids is 1. The molecule has 4 nitrogen and oxygen atoms in total. The minimum atomic E-state index is -0.212. The molecular formula is C10H21NO3. The highest BCUT2D eigenvalue weighted by Gasteiger charge is 2.15. The van der Waals surface area contributed by atoms with E-state index in [-0.39, 0.29) is 18.1 Å². The maximum absolute atomic E-state index is 11.1. The monoisotopic (exact) mass is 203 g/mol. The minimum Gasteiger partial charge on any atom is -0.468 e. The van der Waals surface area contributed by atoms with Gasteiger partial charge in [0.15, 0.2) is 0 Å². The van der Waals surface area contributed by atoms with Crippen molar-refractivity contribution in [1.82, 2.24) is 5.32 Å². The largest absolute Gasteiger partial charge is 0.468 e. The second kappa shape index (κ2) is 7.76. The molecule has 84 valence electrons. The van der Waals surface area contributed by atoms with E-state index < -0.39 is 0 Å². The second-order valence-electron chi connectivity index (χ2n) is 3.36. The van der Waals surface area contributed by atoms with E-state index in [2.05, 4.69) is 10.1 Å². The number of carbonyl (C=O) groups is 1. The van der Waals surface area contributed by atoms with Crippen LogP contribution >= 0.6 is 0 Å². The Hall–Kier alpha value is -0.610. The first-order valence-corrected chi connectivity index (χ1v) is 5.04. The molecule has 0 saturated carbocycles. The molecule has 0 rings (SSSR count). The summed E-state index contributed by atoms with van der Waals surface area (Å²) in [6.07, 6.45) is 0.962. The van der Waals surface area contributed by atoms with Crippen LogP contribution in [0.15, 0.2) is 0 Å². The Balaban J connectivity index is 3.58. The number of methoxy groups -OCH3 is 1. The van der Waals surface area contributed by atoms with Gasteiger partial charge in [-0.3, -0.25) is 4.79 Å². The van der Waals surface area contributed by atoms with Crippen LogP contribution in [0.25, 0.3) is 0 Å². The SMILES string of the molecule is CCC(NCCOC(C)C)C(=O)OC. The van der Waals surface area contributed by atoms with E-state index in [0.717, 1.165) is 6.42 Å². The molecule has 0 fully saturated rings. The Morgan fingerprint density at radius 2 is 2.07 bits per heavy atom. The van der Waals surface area contributed by atoms with Crippen molar-refractivity contribution >= 4 is 5.97 Å². The van der Waals surface area contributed by atoms with Gasteiger partial charge in [0, 0.05) is 6.54 Å². The maximum atomic E-state index is 11.1. The number of rotatable bonds is 7.